The third kappa shape index (κ3) is 5.94. The molecular formula is C24H35N7. The lowest BCUT2D eigenvalue weighted by atomic mass is 9.99. The number of aliphatic imine (C=N–C) groups is 1. The summed E-state index contributed by atoms with van der Waals surface area (Å²) in [7, 11) is 1.86. The van der Waals surface area contributed by atoms with Crippen LogP contribution in [0, 0.1) is 5.92 Å². The second-order valence-corrected chi connectivity index (χ2v) is 8.70. The number of piperidine rings is 1. The van der Waals surface area contributed by atoms with Crippen LogP contribution in [-0.2, 0) is 13.1 Å². The van der Waals surface area contributed by atoms with Crippen molar-refractivity contribution in [1.29, 1.82) is 0 Å². The number of anilines is 1. The normalized spacial score (nSPS) is 19.0. The van der Waals surface area contributed by atoms with E-state index in [9.17, 15) is 0 Å². The molecule has 2 saturated heterocycles. The lowest BCUT2D eigenvalue weighted by molar-refractivity contribution is 0.185. The molecule has 0 radical (unpaired) electrons. The summed E-state index contributed by atoms with van der Waals surface area (Å²) in [4.78, 5) is 20.3. The van der Waals surface area contributed by atoms with E-state index in [1.54, 1.807) is 12.4 Å². The van der Waals surface area contributed by atoms with Crippen molar-refractivity contribution in [2.45, 2.75) is 32.9 Å². The Morgan fingerprint density at radius 2 is 1.61 bits per heavy atom. The monoisotopic (exact) mass is 421 g/mol. The molecule has 31 heavy (non-hydrogen) atoms. The standard InChI is InChI=1S/C24H35N7/c1-20-8-12-29(13-9-20)19-22-6-4-21(5-7-22)18-28-23(25-2)30-14-16-31(17-15-30)24-26-10-3-11-27-24/h3-7,10-11,20H,8-9,12-19H2,1-2H3,(H,25,28). The smallest absolute Gasteiger partial charge is 0.225 e. The molecule has 1 aromatic heterocycles. The van der Waals surface area contributed by atoms with Crippen molar-refractivity contribution in [3.63, 3.8) is 0 Å². The van der Waals surface area contributed by atoms with E-state index in [0.29, 0.717) is 0 Å². The van der Waals surface area contributed by atoms with Crippen LogP contribution >= 0.6 is 0 Å². The summed E-state index contributed by atoms with van der Waals surface area (Å²) in [6.07, 6.45) is 6.25. The number of guanidine groups is 1. The Bertz CT molecular complexity index is 821. The zero-order chi connectivity index (χ0) is 21.5. The number of piperazine rings is 1. The number of benzene rings is 1. The second-order valence-electron chi connectivity index (χ2n) is 8.70. The average molecular weight is 422 g/mol. The van der Waals surface area contributed by atoms with Crippen molar-refractivity contribution in [3.05, 3.63) is 53.9 Å². The van der Waals surface area contributed by atoms with Crippen LogP contribution in [0.4, 0.5) is 5.95 Å². The number of nitrogens with one attached hydrogen (secondary N) is 1. The number of nitrogens with zero attached hydrogens (tertiary/aromatic N) is 6. The van der Waals surface area contributed by atoms with Crippen molar-refractivity contribution in [2.24, 2.45) is 10.9 Å². The first-order chi connectivity index (χ1) is 15.2. The van der Waals surface area contributed by atoms with Crippen LogP contribution in [-0.4, -0.2) is 72.0 Å². The molecule has 2 aromatic rings. The highest BCUT2D eigenvalue weighted by Gasteiger charge is 2.21. The molecule has 4 rings (SSSR count). The number of hydrogen-bond acceptors (Lipinski definition) is 5. The van der Waals surface area contributed by atoms with Gasteiger partial charge in [-0.05, 0) is 49.0 Å². The van der Waals surface area contributed by atoms with Crippen LogP contribution < -0.4 is 10.2 Å². The molecule has 0 spiro atoms. The van der Waals surface area contributed by atoms with E-state index >= 15 is 0 Å². The van der Waals surface area contributed by atoms with Crippen LogP contribution in [0.1, 0.15) is 30.9 Å². The largest absolute Gasteiger partial charge is 0.352 e. The Kier molecular flexibility index (Phi) is 7.35. The van der Waals surface area contributed by atoms with Crippen LogP contribution in [0.5, 0.6) is 0 Å². The van der Waals surface area contributed by atoms with Gasteiger partial charge in [-0.15, -0.1) is 0 Å². The molecule has 0 bridgehead atoms. The van der Waals surface area contributed by atoms with E-state index in [0.717, 1.165) is 57.1 Å². The fourth-order valence-electron chi connectivity index (χ4n) is 4.33. The number of rotatable bonds is 5. The fraction of sp³-hybridized carbons (Fsp3) is 0.542. The molecule has 2 aliphatic rings. The van der Waals surface area contributed by atoms with Gasteiger partial charge in [0, 0.05) is 58.7 Å². The van der Waals surface area contributed by atoms with E-state index in [-0.39, 0.29) is 0 Å². The molecule has 1 aromatic carbocycles. The first-order valence-electron chi connectivity index (χ1n) is 11.5. The van der Waals surface area contributed by atoms with Crippen LogP contribution in [0.3, 0.4) is 0 Å². The minimum atomic E-state index is 0.788. The maximum Gasteiger partial charge on any atom is 0.225 e. The average Bonchev–Trinajstić information content (AvgIpc) is 2.83. The number of hydrogen-bond donors (Lipinski definition) is 1. The van der Waals surface area contributed by atoms with Crippen molar-refractivity contribution >= 4 is 11.9 Å². The fourth-order valence-corrected chi connectivity index (χ4v) is 4.33. The third-order valence-corrected chi connectivity index (χ3v) is 6.38. The molecule has 0 amide bonds. The summed E-state index contributed by atoms with van der Waals surface area (Å²) in [5.41, 5.74) is 2.69. The molecule has 2 aliphatic heterocycles. The summed E-state index contributed by atoms with van der Waals surface area (Å²) in [6.45, 7) is 10.3. The minimum Gasteiger partial charge on any atom is -0.352 e. The van der Waals surface area contributed by atoms with E-state index in [1.165, 1.54) is 37.1 Å². The Morgan fingerprint density at radius 3 is 2.26 bits per heavy atom. The van der Waals surface area contributed by atoms with Gasteiger partial charge in [-0.3, -0.25) is 9.89 Å². The van der Waals surface area contributed by atoms with Crippen LogP contribution in [0.15, 0.2) is 47.7 Å². The first-order valence-corrected chi connectivity index (χ1v) is 11.5. The minimum absolute atomic E-state index is 0.788. The number of aromatic nitrogens is 2. The van der Waals surface area contributed by atoms with Gasteiger partial charge in [-0.1, -0.05) is 31.2 Å². The predicted molar refractivity (Wildman–Crippen MR) is 126 cm³/mol. The molecular weight excluding hydrogens is 386 g/mol. The van der Waals surface area contributed by atoms with E-state index in [2.05, 4.69) is 66.2 Å². The first kappa shape index (κ1) is 21.6. The van der Waals surface area contributed by atoms with Gasteiger partial charge in [0.1, 0.15) is 0 Å². The zero-order valence-electron chi connectivity index (χ0n) is 18.9. The molecule has 0 saturated carbocycles. The lowest BCUT2D eigenvalue weighted by Crippen LogP contribution is -2.52. The van der Waals surface area contributed by atoms with Crippen LogP contribution in [0.25, 0.3) is 0 Å². The Morgan fingerprint density at radius 1 is 0.968 bits per heavy atom. The van der Waals surface area contributed by atoms with E-state index < -0.39 is 0 Å². The van der Waals surface area contributed by atoms with Gasteiger partial charge in [0.25, 0.3) is 0 Å². The predicted octanol–water partition coefficient (Wildman–Crippen LogP) is 2.61. The van der Waals surface area contributed by atoms with Gasteiger partial charge in [0.15, 0.2) is 5.96 Å². The quantitative estimate of drug-likeness (QED) is 0.592. The summed E-state index contributed by atoms with van der Waals surface area (Å²) in [5.74, 6) is 2.65. The Labute approximate surface area is 186 Å². The summed E-state index contributed by atoms with van der Waals surface area (Å²) in [5, 5.41) is 3.53. The maximum absolute atomic E-state index is 4.50. The molecule has 0 atom stereocenters. The third-order valence-electron chi connectivity index (χ3n) is 6.38. The zero-order valence-corrected chi connectivity index (χ0v) is 18.9. The van der Waals surface area contributed by atoms with Gasteiger partial charge in [0.2, 0.25) is 5.95 Å². The molecule has 0 aliphatic carbocycles. The SMILES string of the molecule is CN=C(NCc1ccc(CN2CCC(C)CC2)cc1)N1CCN(c2ncccn2)CC1. The van der Waals surface area contributed by atoms with Gasteiger partial charge in [-0.25, -0.2) is 9.97 Å². The molecule has 1 N–H and O–H groups in total. The second kappa shape index (κ2) is 10.6. The van der Waals surface area contributed by atoms with Gasteiger partial charge < -0.3 is 15.1 Å². The van der Waals surface area contributed by atoms with Gasteiger partial charge in [-0.2, -0.15) is 0 Å². The topological polar surface area (TPSA) is 59.9 Å². The Balaban J connectivity index is 1.23. The van der Waals surface area contributed by atoms with Gasteiger partial charge >= 0.3 is 0 Å². The molecule has 3 heterocycles. The van der Waals surface area contributed by atoms with Crippen molar-refractivity contribution in [3.8, 4) is 0 Å². The highest BCUT2D eigenvalue weighted by atomic mass is 15.4. The highest BCUT2D eigenvalue weighted by Crippen LogP contribution is 2.18. The molecule has 7 nitrogen and oxygen atoms in total. The highest BCUT2D eigenvalue weighted by molar-refractivity contribution is 5.80. The van der Waals surface area contributed by atoms with Crippen molar-refractivity contribution < 1.29 is 0 Å². The summed E-state index contributed by atoms with van der Waals surface area (Å²) < 4.78 is 0. The molecule has 166 valence electrons. The Hall–Kier alpha value is -2.67. The molecule has 0 unspecified atom stereocenters. The maximum atomic E-state index is 4.50. The van der Waals surface area contributed by atoms with Crippen molar-refractivity contribution in [1.82, 2.24) is 25.1 Å². The summed E-state index contributed by atoms with van der Waals surface area (Å²) in [6, 6.07) is 10.9. The molecule has 7 heteroatoms. The van der Waals surface area contributed by atoms with Crippen molar-refractivity contribution in [2.75, 3.05) is 51.2 Å². The van der Waals surface area contributed by atoms with E-state index in [1.807, 2.05) is 13.1 Å². The van der Waals surface area contributed by atoms with Crippen LogP contribution in [0.2, 0.25) is 0 Å². The number of likely N-dealkylation sites (tertiary alicyclic amines) is 1. The lowest BCUT2D eigenvalue weighted by Gasteiger charge is -2.36. The van der Waals surface area contributed by atoms with Gasteiger partial charge in [0.05, 0.1) is 0 Å². The summed E-state index contributed by atoms with van der Waals surface area (Å²) >= 11 is 0. The van der Waals surface area contributed by atoms with E-state index in [4.69, 9.17) is 0 Å². The molecule has 2 fully saturated rings.